The van der Waals surface area contributed by atoms with Crippen LogP contribution in [0, 0.1) is 0 Å². The second-order valence-electron chi connectivity index (χ2n) is 18.0. The van der Waals surface area contributed by atoms with Gasteiger partial charge in [-0.05, 0) is 105 Å². The number of fused-ring (bicyclic) bond motifs is 4. The van der Waals surface area contributed by atoms with E-state index in [4.69, 9.17) is 0 Å². The first-order chi connectivity index (χ1) is 34.6. The van der Waals surface area contributed by atoms with Crippen molar-refractivity contribution in [2.45, 2.75) is 175 Å². The highest BCUT2D eigenvalue weighted by Gasteiger charge is 2.54. The number of carbonyl (C=O) groups excluding carboxylic acids is 5. The van der Waals surface area contributed by atoms with Crippen LogP contribution in [0.3, 0.4) is 0 Å². The first-order valence-corrected chi connectivity index (χ1v) is 26.1. The van der Waals surface area contributed by atoms with Crippen molar-refractivity contribution in [2.24, 2.45) is 0 Å². The van der Waals surface area contributed by atoms with Gasteiger partial charge in [0.25, 0.3) is 0 Å². The number of anilines is 2. The Bertz CT molecular complexity index is 2760. The van der Waals surface area contributed by atoms with Gasteiger partial charge in [0.05, 0.1) is 0 Å². The maximum Gasteiger partial charge on any atom is 0.235 e. The van der Waals surface area contributed by atoms with Gasteiger partial charge in [0.15, 0.2) is 17.0 Å². The molecule has 6 aliphatic rings. The zero-order chi connectivity index (χ0) is 53.2. The van der Waals surface area contributed by atoms with Gasteiger partial charge >= 0.3 is 0 Å². The van der Waals surface area contributed by atoms with Crippen molar-refractivity contribution in [3.8, 4) is 0 Å². The number of carbonyl (C=O) groups is 5. The Morgan fingerprint density at radius 2 is 1.07 bits per heavy atom. The molecule has 1 aromatic heterocycles. The first-order valence-electron chi connectivity index (χ1n) is 26.1. The first kappa shape index (κ1) is 56.7. The molecule has 1 heterocycles. The molecular formula is C60H71F4N3O5. The van der Waals surface area contributed by atoms with Gasteiger partial charge in [-0.15, -0.1) is 0 Å². The molecule has 0 saturated carbocycles. The predicted octanol–water partition coefficient (Wildman–Crippen LogP) is 14.8. The summed E-state index contributed by atoms with van der Waals surface area (Å²) < 4.78 is 57.1. The van der Waals surface area contributed by atoms with E-state index in [2.05, 4.69) is 15.3 Å². The number of ketones is 5. The third-order valence-electron chi connectivity index (χ3n) is 14.4. The molecule has 6 aliphatic carbocycles. The van der Waals surface area contributed by atoms with Crippen LogP contribution in [0.5, 0.6) is 0 Å². The monoisotopic (exact) mass is 990 g/mol. The number of hydrogen-bond acceptors (Lipinski definition) is 8. The van der Waals surface area contributed by atoms with E-state index < -0.39 is 34.2 Å². The van der Waals surface area contributed by atoms with Crippen molar-refractivity contribution in [1.29, 1.82) is 0 Å². The molecule has 4 unspecified atom stereocenters. The summed E-state index contributed by atoms with van der Waals surface area (Å²) in [6.07, 6.45) is 8.54. The van der Waals surface area contributed by atoms with E-state index in [-0.39, 0.29) is 66.5 Å². The van der Waals surface area contributed by atoms with Gasteiger partial charge in [-0.25, -0.2) is 27.5 Å². The van der Waals surface area contributed by atoms with E-state index in [1.165, 1.54) is 24.6 Å². The Labute approximate surface area is 423 Å². The number of benzene rings is 4. The summed E-state index contributed by atoms with van der Waals surface area (Å²) in [5.74, 6) is -1.75. The molecule has 0 fully saturated rings. The highest BCUT2D eigenvalue weighted by atomic mass is 19.2. The molecule has 5 aromatic rings. The number of halogens is 4. The van der Waals surface area contributed by atoms with E-state index in [1.54, 1.807) is 63.5 Å². The Morgan fingerprint density at radius 3 is 1.64 bits per heavy atom. The van der Waals surface area contributed by atoms with E-state index in [0.29, 0.717) is 23.1 Å². The second-order valence-corrected chi connectivity index (χ2v) is 18.0. The lowest BCUT2D eigenvalue weighted by Crippen LogP contribution is -2.35. The van der Waals surface area contributed by atoms with Crippen molar-refractivity contribution in [3.05, 3.63) is 153 Å². The second kappa shape index (κ2) is 24.0. The minimum atomic E-state index is -2.32. The van der Waals surface area contributed by atoms with E-state index in [9.17, 15) is 41.5 Å². The lowest BCUT2D eigenvalue weighted by atomic mass is 9.78. The molecule has 0 saturated heterocycles. The molecule has 1 N–H and O–H groups in total. The fourth-order valence-corrected chi connectivity index (χ4v) is 10.4. The Morgan fingerprint density at radius 1 is 0.528 bits per heavy atom. The summed E-state index contributed by atoms with van der Waals surface area (Å²) in [6, 6.07) is 24.5. The van der Waals surface area contributed by atoms with E-state index in [0.717, 1.165) is 78.0 Å². The minimum absolute atomic E-state index is 0.0979. The Hall–Kier alpha value is -6.17. The van der Waals surface area contributed by atoms with E-state index >= 15 is 0 Å². The van der Waals surface area contributed by atoms with E-state index in [1.807, 2.05) is 77.9 Å². The average molecular weight is 990 g/mol. The highest BCUT2D eigenvalue weighted by molar-refractivity contribution is 6.32. The summed E-state index contributed by atoms with van der Waals surface area (Å²) >= 11 is 0. The summed E-state index contributed by atoms with van der Waals surface area (Å²) in [5, 5.41) is 3.31. The Balaban J connectivity index is 0.000000176. The van der Waals surface area contributed by atoms with Crippen molar-refractivity contribution in [1.82, 2.24) is 9.97 Å². The minimum Gasteiger partial charge on any atom is -0.340 e. The molecule has 4 atom stereocenters. The third-order valence-corrected chi connectivity index (χ3v) is 14.4. The van der Waals surface area contributed by atoms with Gasteiger partial charge in [0.1, 0.15) is 12.1 Å². The molecule has 0 bridgehead atoms. The van der Waals surface area contributed by atoms with Crippen LogP contribution < -0.4 is 5.32 Å². The summed E-state index contributed by atoms with van der Waals surface area (Å²) in [6.45, 7) is 18.7. The van der Waals surface area contributed by atoms with Crippen molar-refractivity contribution in [2.75, 3.05) is 5.32 Å². The zero-order valence-corrected chi connectivity index (χ0v) is 43.7. The zero-order valence-electron chi connectivity index (χ0n) is 43.7. The molecular weight excluding hydrogens is 919 g/mol. The van der Waals surface area contributed by atoms with Gasteiger partial charge in [0.2, 0.25) is 34.6 Å². The molecule has 0 amide bonds. The topological polar surface area (TPSA) is 123 Å². The number of hydrogen-bond donors (Lipinski definition) is 1. The molecule has 8 nitrogen and oxygen atoms in total. The molecule has 384 valence electrons. The predicted molar refractivity (Wildman–Crippen MR) is 278 cm³/mol. The van der Waals surface area contributed by atoms with Crippen LogP contribution in [-0.2, 0) is 32.1 Å². The average Bonchev–Trinajstić information content (AvgIpc) is 4.19. The molecule has 72 heavy (non-hydrogen) atoms. The molecule has 0 radical (unpaired) electrons. The number of nitrogens with zero attached hydrogens (tertiary/aromatic N) is 2. The number of aromatic nitrogens is 2. The van der Waals surface area contributed by atoms with Crippen LogP contribution in [0.4, 0.5) is 29.1 Å². The molecule has 4 aromatic carbocycles. The lowest BCUT2D eigenvalue weighted by Gasteiger charge is -2.29. The summed E-state index contributed by atoms with van der Waals surface area (Å²) in [7, 11) is 0. The SMILES string of the molecule is CC.CC.CC.CCC1(F)C(=O)c2cccc3c2C1CCC3.CCC1(F)C(=O)c2ccccc2C1=O.CCC1(F)Cc2cc(Nc3ncnc4c3CCC4)ccc2C1=O.CCC1(F)Cc2ccccc2C1=O. The van der Waals surface area contributed by atoms with Gasteiger partial charge in [-0.1, -0.05) is 136 Å². The lowest BCUT2D eigenvalue weighted by molar-refractivity contribution is 0.0593. The summed E-state index contributed by atoms with van der Waals surface area (Å²) in [4.78, 5) is 67.6. The molecule has 11 rings (SSSR count). The maximum atomic E-state index is 14.8. The van der Waals surface area contributed by atoms with Crippen LogP contribution in [0.25, 0.3) is 0 Å². The fraction of sp³-hybridized carbons (Fsp3) is 0.450. The fourth-order valence-electron chi connectivity index (χ4n) is 10.4. The summed E-state index contributed by atoms with van der Waals surface area (Å²) in [5.41, 5.74) is 1.75. The van der Waals surface area contributed by atoms with Crippen LogP contribution in [0.2, 0.25) is 0 Å². The third kappa shape index (κ3) is 10.5. The van der Waals surface area contributed by atoms with Gasteiger partial charge in [-0.3, -0.25) is 24.0 Å². The van der Waals surface area contributed by atoms with Crippen molar-refractivity contribution in [3.63, 3.8) is 0 Å². The number of nitrogens with one attached hydrogen (secondary N) is 1. The van der Waals surface area contributed by atoms with Crippen LogP contribution in [0.15, 0.2) is 91.3 Å². The number of alkyl halides is 4. The quantitative estimate of drug-likeness (QED) is 0.132. The van der Waals surface area contributed by atoms with Crippen LogP contribution >= 0.6 is 0 Å². The van der Waals surface area contributed by atoms with Crippen molar-refractivity contribution >= 4 is 40.4 Å². The number of rotatable bonds is 6. The molecule has 0 aliphatic heterocycles. The standard InChI is InChI=1S/C18H18FN3O.C14H15FO.C11H9FO2.C11H11FO.3C2H6/c1-2-18(19)9-11-8-12(6-7-13(11)16(18)23)22-17-14-4-3-5-15(14)20-10-21-17;1-2-14(15)11-8-4-6-9-5-3-7-10(12(9)11)13(14)16;1-2-11(12)9(13)7-5-3-4-6-8(7)10(11)14;1-2-11(12)7-8-5-3-4-6-9(8)10(11)13;3*1-2/h6-8,10H,2-5,9H2,1H3,(H,20,21,22);3,5,7,11H,2,4,6,8H2,1H3;3-6H,2H2,1H3;3-6H,2,7H2,1H3;3*1-2H3. The maximum absolute atomic E-state index is 14.8. The van der Waals surface area contributed by atoms with Crippen LogP contribution in [0.1, 0.15) is 205 Å². The van der Waals surface area contributed by atoms with Crippen molar-refractivity contribution < 1.29 is 41.5 Å². The van der Waals surface area contributed by atoms with Gasteiger partial charge in [0, 0.05) is 63.5 Å². The Kier molecular flexibility index (Phi) is 18.9. The molecule has 12 heteroatoms. The van der Waals surface area contributed by atoms with Gasteiger partial charge in [-0.2, -0.15) is 0 Å². The highest BCUT2D eigenvalue weighted by Crippen LogP contribution is 2.51. The normalized spacial score (nSPS) is 22.6. The number of aryl methyl sites for hydroxylation is 2. The largest absolute Gasteiger partial charge is 0.340 e. The smallest absolute Gasteiger partial charge is 0.235 e. The molecule has 0 spiro atoms. The van der Waals surface area contributed by atoms with Crippen LogP contribution in [-0.4, -0.2) is 61.6 Å². The number of Topliss-reactive ketones (excluding diaryl/α,β-unsaturated/α-hetero) is 5. The van der Waals surface area contributed by atoms with Gasteiger partial charge < -0.3 is 5.32 Å².